The van der Waals surface area contributed by atoms with E-state index in [9.17, 15) is 9.90 Å². The largest absolute Gasteiger partial charge is 0.507 e. The number of hydrogen-bond donors (Lipinski definition) is 2. The van der Waals surface area contributed by atoms with Crippen LogP contribution < -0.4 is 5.32 Å². The summed E-state index contributed by atoms with van der Waals surface area (Å²) in [5.41, 5.74) is 1.60. The van der Waals surface area contributed by atoms with Crippen LogP contribution in [0.3, 0.4) is 0 Å². The number of aromatic hydroxyl groups is 1. The van der Waals surface area contributed by atoms with E-state index in [0.29, 0.717) is 10.7 Å². The molecule has 1 aromatic heterocycles. The van der Waals surface area contributed by atoms with E-state index < -0.39 is 5.91 Å². The molecule has 0 bridgehead atoms. The number of hydrogen-bond acceptors (Lipinski definition) is 3. The molecule has 2 aromatic rings. The molecule has 18 heavy (non-hydrogen) atoms. The Balaban J connectivity index is 2.22. The highest BCUT2D eigenvalue weighted by Crippen LogP contribution is 2.22. The predicted molar refractivity (Wildman–Crippen MR) is 70.0 cm³/mol. The number of phenols is 1. The fraction of sp³-hybridized carbons (Fsp3) is 0.0769. The first kappa shape index (κ1) is 12.4. The van der Waals surface area contributed by atoms with Gasteiger partial charge in [-0.15, -0.1) is 0 Å². The van der Waals surface area contributed by atoms with Gasteiger partial charge in [-0.05, 0) is 37.3 Å². The SMILES string of the molecule is Cc1cc(NC(=O)c2ccc(Cl)cc2O)ccn1. The van der Waals surface area contributed by atoms with Crippen LogP contribution in [-0.4, -0.2) is 16.0 Å². The van der Waals surface area contributed by atoms with Gasteiger partial charge in [-0.25, -0.2) is 0 Å². The molecule has 0 aliphatic rings. The minimum atomic E-state index is -0.394. The third-order valence-electron chi connectivity index (χ3n) is 2.36. The van der Waals surface area contributed by atoms with Gasteiger partial charge in [0.1, 0.15) is 5.75 Å². The summed E-state index contributed by atoms with van der Waals surface area (Å²) < 4.78 is 0. The van der Waals surface area contributed by atoms with E-state index in [1.54, 1.807) is 24.4 Å². The summed E-state index contributed by atoms with van der Waals surface area (Å²) in [6, 6.07) is 7.77. The fourth-order valence-corrected chi connectivity index (χ4v) is 1.68. The standard InChI is InChI=1S/C13H11ClN2O2/c1-8-6-10(4-5-15-8)16-13(18)11-3-2-9(14)7-12(11)17/h2-7,17H,1H3,(H,15,16,18). The van der Waals surface area contributed by atoms with Crippen LogP contribution in [0, 0.1) is 6.92 Å². The lowest BCUT2D eigenvalue weighted by molar-refractivity contribution is 0.102. The highest BCUT2D eigenvalue weighted by Gasteiger charge is 2.11. The Kier molecular flexibility index (Phi) is 3.48. The molecule has 0 unspecified atom stereocenters. The summed E-state index contributed by atoms with van der Waals surface area (Å²) in [6.07, 6.45) is 1.60. The number of anilines is 1. The van der Waals surface area contributed by atoms with Crippen LogP contribution in [0.1, 0.15) is 16.1 Å². The first-order chi connectivity index (χ1) is 8.56. The number of nitrogens with zero attached hydrogens (tertiary/aromatic N) is 1. The van der Waals surface area contributed by atoms with Gasteiger partial charge in [0.2, 0.25) is 0 Å². The second-order valence-corrected chi connectivity index (χ2v) is 4.24. The number of amides is 1. The number of aromatic nitrogens is 1. The van der Waals surface area contributed by atoms with Crippen LogP contribution in [0.25, 0.3) is 0 Å². The van der Waals surface area contributed by atoms with Crippen molar-refractivity contribution in [2.24, 2.45) is 0 Å². The number of nitrogens with one attached hydrogen (secondary N) is 1. The number of phenolic OH excluding ortho intramolecular Hbond substituents is 1. The second-order valence-electron chi connectivity index (χ2n) is 3.80. The lowest BCUT2D eigenvalue weighted by atomic mass is 10.2. The third-order valence-corrected chi connectivity index (χ3v) is 2.59. The molecule has 4 nitrogen and oxygen atoms in total. The zero-order valence-corrected chi connectivity index (χ0v) is 10.4. The van der Waals surface area contributed by atoms with Crippen molar-refractivity contribution >= 4 is 23.2 Å². The van der Waals surface area contributed by atoms with E-state index in [1.807, 2.05) is 6.92 Å². The maximum atomic E-state index is 11.9. The maximum Gasteiger partial charge on any atom is 0.259 e. The topological polar surface area (TPSA) is 62.2 Å². The van der Waals surface area contributed by atoms with Gasteiger partial charge in [0.05, 0.1) is 5.56 Å². The quantitative estimate of drug-likeness (QED) is 0.875. The molecular formula is C13H11ClN2O2. The molecule has 0 saturated carbocycles. The molecule has 1 amide bonds. The second kappa shape index (κ2) is 5.06. The van der Waals surface area contributed by atoms with Gasteiger partial charge in [-0.2, -0.15) is 0 Å². The first-order valence-electron chi connectivity index (χ1n) is 5.29. The lowest BCUT2D eigenvalue weighted by Crippen LogP contribution is -2.12. The summed E-state index contributed by atoms with van der Waals surface area (Å²) in [4.78, 5) is 16.0. The molecule has 0 aliphatic heterocycles. The average Bonchev–Trinajstić information content (AvgIpc) is 2.28. The highest BCUT2D eigenvalue weighted by molar-refractivity contribution is 6.30. The molecule has 0 radical (unpaired) electrons. The minimum Gasteiger partial charge on any atom is -0.507 e. The average molecular weight is 263 g/mol. The van der Waals surface area contributed by atoms with E-state index in [4.69, 9.17) is 11.6 Å². The summed E-state index contributed by atoms with van der Waals surface area (Å²) in [5, 5.41) is 12.7. The number of halogens is 1. The van der Waals surface area contributed by atoms with E-state index >= 15 is 0 Å². The Morgan fingerprint density at radius 3 is 2.78 bits per heavy atom. The molecule has 0 saturated heterocycles. The van der Waals surface area contributed by atoms with Crippen molar-refractivity contribution in [3.8, 4) is 5.75 Å². The Hall–Kier alpha value is -2.07. The van der Waals surface area contributed by atoms with Crippen LogP contribution in [0.2, 0.25) is 5.02 Å². The van der Waals surface area contributed by atoms with Crippen LogP contribution in [0.15, 0.2) is 36.5 Å². The summed E-state index contributed by atoms with van der Waals surface area (Å²) in [6.45, 7) is 1.83. The van der Waals surface area contributed by atoms with Crippen molar-refractivity contribution in [1.29, 1.82) is 0 Å². The molecular weight excluding hydrogens is 252 g/mol. The van der Waals surface area contributed by atoms with Crippen LogP contribution >= 0.6 is 11.6 Å². The minimum absolute atomic E-state index is 0.147. The van der Waals surface area contributed by atoms with Crippen molar-refractivity contribution in [3.05, 3.63) is 52.8 Å². The molecule has 0 spiro atoms. The zero-order chi connectivity index (χ0) is 13.1. The Labute approximate surface area is 109 Å². The number of carbonyl (C=O) groups excluding carboxylic acids is 1. The van der Waals surface area contributed by atoms with Crippen LogP contribution in [0.5, 0.6) is 5.75 Å². The maximum absolute atomic E-state index is 11.9. The number of rotatable bonds is 2. The lowest BCUT2D eigenvalue weighted by Gasteiger charge is -2.07. The van der Waals surface area contributed by atoms with E-state index in [0.717, 1.165) is 5.69 Å². The number of benzene rings is 1. The first-order valence-corrected chi connectivity index (χ1v) is 5.66. The fourth-order valence-electron chi connectivity index (χ4n) is 1.52. The van der Waals surface area contributed by atoms with Crippen molar-refractivity contribution < 1.29 is 9.90 Å². The molecule has 1 heterocycles. The summed E-state index contributed by atoms with van der Waals surface area (Å²) in [7, 11) is 0. The normalized spacial score (nSPS) is 10.1. The Bertz CT molecular complexity index is 599. The number of pyridine rings is 1. The van der Waals surface area contributed by atoms with E-state index in [2.05, 4.69) is 10.3 Å². The molecule has 0 fully saturated rings. The highest BCUT2D eigenvalue weighted by atomic mass is 35.5. The number of carbonyl (C=O) groups is 1. The van der Waals surface area contributed by atoms with E-state index in [1.165, 1.54) is 12.1 Å². The van der Waals surface area contributed by atoms with Gasteiger partial charge < -0.3 is 10.4 Å². The predicted octanol–water partition coefficient (Wildman–Crippen LogP) is 3.00. The molecule has 0 atom stereocenters. The molecule has 1 aromatic carbocycles. The van der Waals surface area contributed by atoms with E-state index in [-0.39, 0.29) is 11.3 Å². The van der Waals surface area contributed by atoms with Crippen molar-refractivity contribution in [2.75, 3.05) is 5.32 Å². The molecule has 5 heteroatoms. The van der Waals surface area contributed by atoms with Crippen molar-refractivity contribution in [3.63, 3.8) is 0 Å². The van der Waals surface area contributed by atoms with Gasteiger partial charge in [-0.1, -0.05) is 11.6 Å². The summed E-state index contributed by atoms with van der Waals surface area (Å²) >= 11 is 5.70. The van der Waals surface area contributed by atoms with Gasteiger partial charge in [0.25, 0.3) is 5.91 Å². The van der Waals surface area contributed by atoms with Crippen LogP contribution in [0.4, 0.5) is 5.69 Å². The van der Waals surface area contributed by atoms with Gasteiger partial charge in [0.15, 0.2) is 0 Å². The molecule has 2 N–H and O–H groups in total. The monoisotopic (exact) mass is 262 g/mol. The Morgan fingerprint density at radius 2 is 2.11 bits per heavy atom. The Morgan fingerprint density at radius 1 is 1.33 bits per heavy atom. The third kappa shape index (κ3) is 2.78. The van der Waals surface area contributed by atoms with Gasteiger partial charge >= 0.3 is 0 Å². The van der Waals surface area contributed by atoms with Crippen molar-refractivity contribution in [2.45, 2.75) is 6.92 Å². The molecule has 0 aliphatic carbocycles. The number of aryl methyl sites for hydroxylation is 1. The van der Waals surface area contributed by atoms with Crippen molar-refractivity contribution in [1.82, 2.24) is 4.98 Å². The van der Waals surface area contributed by atoms with Crippen LogP contribution in [-0.2, 0) is 0 Å². The van der Waals surface area contributed by atoms with Gasteiger partial charge in [-0.3, -0.25) is 9.78 Å². The molecule has 2 rings (SSSR count). The zero-order valence-electron chi connectivity index (χ0n) is 9.64. The molecule has 92 valence electrons. The van der Waals surface area contributed by atoms with Gasteiger partial charge in [0, 0.05) is 22.6 Å². The smallest absolute Gasteiger partial charge is 0.259 e. The summed E-state index contributed by atoms with van der Waals surface area (Å²) in [5.74, 6) is -0.541.